The number of alkyl halides is 5. The van der Waals surface area contributed by atoms with Gasteiger partial charge in [-0.1, -0.05) is 6.07 Å². The van der Waals surface area contributed by atoms with E-state index in [4.69, 9.17) is 4.74 Å². The van der Waals surface area contributed by atoms with Gasteiger partial charge >= 0.3 is 6.18 Å². The monoisotopic (exact) mass is 594 g/mol. The second-order valence-corrected chi connectivity index (χ2v) is 11.0. The van der Waals surface area contributed by atoms with Crippen molar-refractivity contribution in [2.24, 2.45) is 11.8 Å². The lowest BCUT2D eigenvalue weighted by Gasteiger charge is -2.33. The molecule has 0 bridgehead atoms. The summed E-state index contributed by atoms with van der Waals surface area (Å²) in [4.78, 5) is 34.3. The van der Waals surface area contributed by atoms with Crippen molar-refractivity contribution in [2.45, 2.75) is 75.5 Å². The summed E-state index contributed by atoms with van der Waals surface area (Å²) in [6.07, 6.45) is -1.81. The van der Waals surface area contributed by atoms with Crippen LogP contribution in [0.15, 0.2) is 36.7 Å². The molecule has 0 saturated heterocycles. The Morgan fingerprint density at radius 3 is 2.45 bits per heavy atom. The molecule has 3 heterocycles. The molecule has 2 N–H and O–H groups in total. The van der Waals surface area contributed by atoms with Gasteiger partial charge in [0.15, 0.2) is 5.65 Å². The number of carbonyl (C=O) groups excluding carboxylic acids is 2. The zero-order valence-electron chi connectivity index (χ0n) is 22.8. The number of pyridine rings is 1. The Labute approximate surface area is 238 Å². The zero-order valence-corrected chi connectivity index (χ0v) is 22.8. The van der Waals surface area contributed by atoms with Crippen molar-refractivity contribution >= 4 is 17.5 Å². The molecule has 42 heavy (non-hydrogen) atoms. The molecule has 14 heteroatoms. The van der Waals surface area contributed by atoms with E-state index in [0.717, 1.165) is 12.8 Å². The summed E-state index contributed by atoms with van der Waals surface area (Å²) in [6.45, 7) is 0. The van der Waals surface area contributed by atoms with Crippen LogP contribution in [0.4, 0.5) is 22.0 Å². The molecule has 2 amide bonds. The summed E-state index contributed by atoms with van der Waals surface area (Å²) in [5, 5.41) is 10.0. The van der Waals surface area contributed by atoms with Gasteiger partial charge in [-0.25, -0.2) is 23.3 Å². The van der Waals surface area contributed by atoms with Crippen LogP contribution in [0.1, 0.15) is 85.2 Å². The van der Waals surface area contributed by atoms with E-state index in [-0.39, 0.29) is 49.1 Å². The highest BCUT2D eigenvalue weighted by Gasteiger charge is 2.40. The van der Waals surface area contributed by atoms with Crippen LogP contribution in [0, 0.1) is 11.8 Å². The van der Waals surface area contributed by atoms with Crippen LogP contribution in [0.2, 0.25) is 0 Å². The first-order chi connectivity index (χ1) is 19.9. The maximum absolute atomic E-state index is 14.0. The molecule has 0 aliphatic heterocycles. The molecule has 0 radical (unpaired) electrons. The average molecular weight is 595 g/mol. The van der Waals surface area contributed by atoms with Gasteiger partial charge in [0.2, 0.25) is 17.7 Å². The summed E-state index contributed by atoms with van der Waals surface area (Å²) in [6, 6.07) is 5.19. The summed E-state index contributed by atoms with van der Waals surface area (Å²) in [5.41, 5.74) is 1.50. The second-order valence-electron chi connectivity index (χ2n) is 11.0. The first kappa shape index (κ1) is 29.6. The number of amides is 2. The number of carbonyl (C=O) groups is 2. The van der Waals surface area contributed by atoms with Gasteiger partial charge in [0.25, 0.3) is 5.91 Å². The van der Waals surface area contributed by atoms with Gasteiger partial charge in [0, 0.05) is 25.3 Å². The Hall–Kier alpha value is -3.84. The number of aromatic nitrogens is 4. The molecule has 2 aliphatic rings. The number of hydrogen-bond donors (Lipinski definition) is 2. The second kappa shape index (κ2) is 11.8. The van der Waals surface area contributed by atoms with Crippen LogP contribution in [0.25, 0.3) is 5.65 Å². The van der Waals surface area contributed by atoms with Crippen molar-refractivity contribution in [3.8, 4) is 5.88 Å². The normalized spacial score (nSPS) is 18.8. The molecule has 0 spiro atoms. The zero-order chi connectivity index (χ0) is 30.1. The number of imidazole rings is 1. The van der Waals surface area contributed by atoms with Gasteiger partial charge in [-0.05, 0) is 55.2 Å². The van der Waals surface area contributed by atoms with Gasteiger partial charge < -0.3 is 15.4 Å². The fraction of sp³-hybridized carbons (Fsp3) is 0.536. The molecule has 9 nitrogen and oxygen atoms in total. The maximum atomic E-state index is 14.0. The Kier molecular flexibility index (Phi) is 8.33. The standard InChI is InChI=1S/C28H31F5N6O3/c1-42-23-4-2-3-19(36-23)26(41)38-25(17-7-10-27(29,30)11-8-17)20-15-39-21(35-20)13-18(14-34-39)24(16-5-6-16)37-22(40)9-12-28(31,32)33/h2-4,13-17,24-25H,5-12H2,1H3,(H,37,40)(H,38,41)/t24?,25-/m0/s1. The van der Waals surface area contributed by atoms with Gasteiger partial charge in [-0.2, -0.15) is 18.3 Å². The molecule has 2 atom stereocenters. The lowest BCUT2D eigenvalue weighted by atomic mass is 9.81. The minimum Gasteiger partial charge on any atom is -0.481 e. The quantitative estimate of drug-likeness (QED) is 0.307. The molecule has 5 rings (SSSR count). The Balaban J connectivity index is 1.40. The van der Waals surface area contributed by atoms with Crippen LogP contribution in [-0.4, -0.2) is 50.6 Å². The molecule has 226 valence electrons. The summed E-state index contributed by atoms with van der Waals surface area (Å²) in [5.74, 6) is -3.98. The maximum Gasteiger partial charge on any atom is 0.389 e. The van der Waals surface area contributed by atoms with Crippen LogP contribution in [0.5, 0.6) is 5.88 Å². The van der Waals surface area contributed by atoms with Crippen molar-refractivity contribution in [1.29, 1.82) is 0 Å². The van der Waals surface area contributed by atoms with Gasteiger partial charge in [0.1, 0.15) is 5.69 Å². The molecule has 1 unspecified atom stereocenters. The van der Waals surface area contributed by atoms with E-state index >= 15 is 0 Å². The van der Waals surface area contributed by atoms with Crippen LogP contribution in [0.3, 0.4) is 0 Å². The number of hydrogen-bond acceptors (Lipinski definition) is 6. The van der Waals surface area contributed by atoms with Crippen molar-refractivity contribution in [2.75, 3.05) is 7.11 Å². The highest BCUT2D eigenvalue weighted by Crippen LogP contribution is 2.43. The lowest BCUT2D eigenvalue weighted by molar-refractivity contribution is -0.144. The van der Waals surface area contributed by atoms with Crippen molar-refractivity contribution in [3.63, 3.8) is 0 Å². The highest BCUT2D eigenvalue weighted by atomic mass is 19.4. The van der Waals surface area contributed by atoms with Crippen LogP contribution in [-0.2, 0) is 4.79 Å². The van der Waals surface area contributed by atoms with E-state index in [1.807, 2.05) is 0 Å². The summed E-state index contributed by atoms with van der Waals surface area (Å²) in [7, 11) is 1.43. The predicted molar refractivity (Wildman–Crippen MR) is 140 cm³/mol. The molecule has 0 aromatic carbocycles. The molecule has 2 saturated carbocycles. The van der Waals surface area contributed by atoms with Crippen LogP contribution < -0.4 is 15.4 Å². The average Bonchev–Trinajstić information content (AvgIpc) is 3.71. The first-order valence-electron chi connectivity index (χ1n) is 13.8. The number of ether oxygens (including phenoxy) is 1. The van der Waals surface area contributed by atoms with Gasteiger partial charge in [-0.15, -0.1) is 0 Å². The first-order valence-corrected chi connectivity index (χ1v) is 13.8. The fourth-order valence-electron chi connectivity index (χ4n) is 5.33. The largest absolute Gasteiger partial charge is 0.481 e. The Morgan fingerprint density at radius 1 is 1.07 bits per heavy atom. The molecule has 2 fully saturated rings. The van der Waals surface area contributed by atoms with Crippen molar-refractivity contribution in [3.05, 3.63) is 53.6 Å². The molecule has 3 aromatic heterocycles. The minimum atomic E-state index is -4.43. The van der Waals surface area contributed by atoms with Gasteiger partial charge in [0.05, 0.1) is 43.7 Å². The third-order valence-electron chi connectivity index (χ3n) is 7.77. The Morgan fingerprint density at radius 2 is 1.79 bits per heavy atom. The van der Waals surface area contributed by atoms with E-state index in [0.29, 0.717) is 16.9 Å². The third-order valence-corrected chi connectivity index (χ3v) is 7.77. The van der Waals surface area contributed by atoms with Crippen molar-refractivity contribution in [1.82, 2.24) is 30.2 Å². The Bertz CT molecular complexity index is 1430. The fourth-order valence-corrected chi connectivity index (χ4v) is 5.33. The molecular formula is C28H31F5N6O3. The smallest absolute Gasteiger partial charge is 0.389 e. The highest BCUT2D eigenvalue weighted by molar-refractivity contribution is 5.92. The molecule has 2 aliphatic carbocycles. The SMILES string of the molecule is COc1cccc(C(=O)N[C@H](c2cn3ncc(C(NC(=O)CCC(F)(F)F)C4CC4)cc3n2)C2CCC(F)(F)CC2)n1. The summed E-state index contributed by atoms with van der Waals surface area (Å²) < 4.78 is 72.3. The van der Waals surface area contributed by atoms with E-state index in [2.05, 4.69) is 25.7 Å². The number of halogens is 5. The van der Waals surface area contributed by atoms with Crippen molar-refractivity contribution < 1.29 is 36.3 Å². The third kappa shape index (κ3) is 7.32. The number of fused-ring (bicyclic) bond motifs is 1. The molecule has 3 aromatic rings. The van der Waals surface area contributed by atoms with Crippen LogP contribution >= 0.6 is 0 Å². The predicted octanol–water partition coefficient (Wildman–Crippen LogP) is 5.34. The van der Waals surface area contributed by atoms with E-state index < -0.39 is 48.8 Å². The number of methoxy groups -OCH3 is 1. The van der Waals surface area contributed by atoms with E-state index in [1.165, 1.54) is 23.9 Å². The van der Waals surface area contributed by atoms with E-state index in [9.17, 15) is 31.5 Å². The molecular weight excluding hydrogens is 563 g/mol. The minimum absolute atomic E-state index is 0.0739. The lowest BCUT2D eigenvalue weighted by Crippen LogP contribution is -2.37. The van der Waals surface area contributed by atoms with Gasteiger partial charge in [-0.3, -0.25) is 9.59 Å². The number of nitrogens with one attached hydrogen (secondary N) is 2. The summed E-state index contributed by atoms with van der Waals surface area (Å²) >= 11 is 0. The number of rotatable bonds is 10. The topological polar surface area (TPSA) is 111 Å². The van der Waals surface area contributed by atoms with E-state index in [1.54, 1.807) is 24.4 Å². The number of nitrogens with zero attached hydrogens (tertiary/aromatic N) is 4.